The molecule has 1 fully saturated rings. The van der Waals surface area contributed by atoms with Crippen molar-refractivity contribution in [1.82, 2.24) is 0 Å². The molecule has 1 aromatic rings. The molecule has 1 aliphatic rings. The van der Waals surface area contributed by atoms with E-state index in [1.807, 2.05) is 12.1 Å². The van der Waals surface area contributed by atoms with E-state index < -0.39 is 0 Å². The van der Waals surface area contributed by atoms with E-state index in [2.05, 4.69) is 24.8 Å². The number of hydrogen-bond acceptors (Lipinski definition) is 2. The Morgan fingerprint density at radius 1 is 1.29 bits per heavy atom. The zero-order valence-corrected chi connectivity index (χ0v) is 11.1. The van der Waals surface area contributed by atoms with Crippen molar-refractivity contribution >= 4 is 17.3 Å². The highest BCUT2D eigenvalue weighted by Crippen LogP contribution is 2.33. The molecule has 17 heavy (non-hydrogen) atoms. The summed E-state index contributed by atoms with van der Waals surface area (Å²) in [5.74, 6) is 0. The smallest absolute Gasteiger partial charge is 0.101 e. The quantitative estimate of drug-likeness (QED) is 0.755. The molecule has 0 N–H and O–H groups in total. The Balaban J connectivity index is 2.14. The normalized spacial score (nSPS) is 18.8. The molecule has 1 heterocycles. The number of halogens is 1. The second-order valence-electron chi connectivity index (χ2n) is 5.43. The zero-order chi connectivity index (χ0) is 12.5. The van der Waals surface area contributed by atoms with Gasteiger partial charge in [-0.2, -0.15) is 5.26 Å². The average molecular weight is 249 g/mol. The summed E-state index contributed by atoms with van der Waals surface area (Å²) in [6.45, 7) is 6.76. The monoisotopic (exact) mass is 248 g/mol. The molecule has 0 saturated carbocycles. The first-order valence-electron chi connectivity index (χ1n) is 5.96. The van der Waals surface area contributed by atoms with Gasteiger partial charge in [0.2, 0.25) is 0 Å². The molecule has 0 unspecified atom stereocenters. The van der Waals surface area contributed by atoms with Gasteiger partial charge in [-0.05, 0) is 36.5 Å². The fourth-order valence-corrected chi connectivity index (χ4v) is 2.38. The van der Waals surface area contributed by atoms with Crippen LogP contribution >= 0.6 is 11.6 Å². The van der Waals surface area contributed by atoms with Crippen LogP contribution < -0.4 is 4.90 Å². The minimum atomic E-state index is 0.451. The molecule has 0 aromatic heterocycles. The molecule has 3 heteroatoms. The maximum atomic E-state index is 8.84. The standard InChI is InChI=1S/C14H17ClN2/c1-14(2)5-7-17(8-6-14)12-4-3-11(10-16)13(15)9-12/h3-4,9H,5-8H2,1-2H3. The van der Waals surface area contributed by atoms with Crippen LogP contribution in [0.5, 0.6) is 0 Å². The molecular weight excluding hydrogens is 232 g/mol. The van der Waals surface area contributed by atoms with Crippen molar-refractivity contribution < 1.29 is 0 Å². The third kappa shape index (κ3) is 2.73. The summed E-state index contributed by atoms with van der Waals surface area (Å²) in [4.78, 5) is 2.35. The van der Waals surface area contributed by atoms with Crippen LogP contribution in [0.15, 0.2) is 18.2 Å². The molecule has 0 radical (unpaired) electrons. The van der Waals surface area contributed by atoms with Gasteiger partial charge in [0.25, 0.3) is 0 Å². The van der Waals surface area contributed by atoms with Crippen molar-refractivity contribution in [2.75, 3.05) is 18.0 Å². The highest BCUT2D eigenvalue weighted by molar-refractivity contribution is 6.32. The van der Waals surface area contributed by atoms with Gasteiger partial charge in [-0.25, -0.2) is 0 Å². The summed E-state index contributed by atoms with van der Waals surface area (Å²) >= 11 is 6.06. The molecule has 0 aliphatic carbocycles. The Labute approximate surface area is 108 Å². The lowest BCUT2D eigenvalue weighted by atomic mass is 9.82. The first kappa shape index (κ1) is 12.3. The SMILES string of the molecule is CC1(C)CCN(c2ccc(C#N)c(Cl)c2)CC1. The minimum absolute atomic E-state index is 0.451. The van der Waals surface area contributed by atoms with Crippen LogP contribution in [0.1, 0.15) is 32.3 Å². The summed E-state index contributed by atoms with van der Waals surface area (Å²) < 4.78 is 0. The molecular formula is C14H17ClN2. The van der Waals surface area contributed by atoms with Crippen LogP contribution in [0.4, 0.5) is 5.69 Å². The number of benzene rings is 1. The lowest BCUT2D eigenvalue weighted by Crippen LogP contribution is -2.37. The maximum Gasteiger partial charge on any atom is 0.101 e. The average Bonchev–Trinajstić information content (AvgIpc) is 2.29. The molecule has 1 aliphatic heterocycles. The molecule has 1 aromatic carbocycles. The molecule has 1 saturated heterocycles. The van der Waals surface area contributed by atoms with E-state index in [1.54, 1.807) is 6.07 Å². The number of rotatable bonds is 1. The summed E-state index contributed by atoms with van der Waals surface area (Å²) in [7, 11) is 0. The molecule has 0 spiro atoms. The minimum Gasteiger partial charge on any atom is -0.371 e. The van der Waals surface area contributed by atoms with E-state index in [0.717, 1.165) is 18.8 Å². The van der Waals surface area contributed by atoms with Gasteiger partial charge in [-0.1, -0.05) is 25.4 Å². The zero-order valence-electron chi connectivity index (χ0n) is 10.3. The van der Waals surface area contributed by atoms with Gasteiger partial charge < -0.3 is 4.90 Å². The lowest BCUT2D eigenvalue weighted by Gasteiger charge is -2.38. The number of hydrogen-bond donors (Lipinski definition) is 0. The highest BCUT2D eigenvalue weighted by atomic mass is 35.5. The number of anilines is 1. The van der Waals surface area contributed by atoms with Crippen LogP contribution in [0.3, 0.4) is 0 Å². The second-order valence-corrected chi connectivity index (χ2v) is 5.83. The van der Waals surface area contributed by atoms with Gasteiger partial charge in [0.15, 0.2) is 0 Å². The van der Waals surface area contributed by atoms with E-state index in [4.69, 9.17) is 16.9 Å². The van der Waals surface area contributed by atoms with Crippen LogP contribution in [0, 0.1) is 16.7 Å². The summed E-state index contributed by atoms with van der Waals surface area (Å²) in [6, 6.07) is 7.78. The third-order valence-electron chi connectivity index (χ3n) is 3.56. The number of nitrogens with zero attached hydrogens (tertiary/aromatic N) is 2. The summed E-state index contributed by atoms with van der Waals surface area (Å²) in [5.41, 5.74) is 2.13. The lowest BCUT2D eigenvalue weighted by molar-refractivity contribution is 0.280. The van der Waals surface area contributed by atoms with E-state index in [1.165, 1.54) is 12.8 Å². The fraction of sp³-hybridized carbons (Fsp3) is 0.500. The van der Waals surface area contributed by atoms with Gasteiger partial charge in [0.1, 0.15) is 6.07 Å². The first-order valence-corrected chi connectivity index (χ1v) is 6.34. The predicted molar refractivity (Wildman–Crippen MR) is 71.4 cm³/mol. The van der Waals surface area contributed by atoms with Crippen LogP contribution in [0.25, 0.3) is 0 Å². The molecule has 0 bridgehead atoms. The fourth-order valence-electron chi connectivity index (χ4n) is 2.16. The van der Waals surface area contributed by atoms with Crippen LogP contribution in [-0.2, 0) is 0 Å². The van der Waals surface area contributed by atoms with Crippen molar-refractivity contribution in [3.63, 3.8) is 0 Å². The maximum absolute atomic E-state index is 8.84. The Morgan fingerprint density at radius 2 is 1.94 bits per heavy atom. The van der Waals surface area contributed by atoms with Crippen molar-refractivity contribution in [2.45, 2.75) is 26.7 Å². The van der Waals surface area contributed by atoms with E-state index in [9.17, 15) is 0 Å². The van der Waals surface area contributed by atoms with E-state index in [-0.39, 0.29) is 0 Å². The van der Waals surface area contributed by atoms with E-state index >= 15 is 0 Å². The Kier molecular flexibility index (Phi) is 3.31. The van der Waals surface area contributed by atoms with Crippen molar-refractivity contribution in [1.29, 1.82) is 5.26 Å². The Bertz CT molecular complexity index is 450. The Morgan fingerprint density at radius 3 is 2.47 bits per heavy atom. The summed E-state index contributed by atoms with van der Waals surface area (Å²) in [6.07, 6.45) is 2.40. The molecule has 0 atom stereocenters. The molecule has 90 valence electrons. The largest absolute Gasteiger partial charge is 0.371 e. The van der Waals surface area contributed by atoms with Gasteiger partial charge in [0.05, 0.1) is 10.6 Å². The first-order chi connectivity index (χ1) is 8.02. The Hall–Kier alpha value is -1.20. The van der Waals surface area contributed by atoms with Crippen LogP contribution in [0.2, 0.25) is 5.02 Å². The van der Waals surface area contributed by atoms with Crippen LogP contribution in [-0.4, -0.2) is 13.1 Å². The van der Waals surface area contributed by atoms with Crippen molar-refractivity contribution in [3.05, 3.63) is 28.8 Å². The second kappa shape index (κ2) is 4.58. The number of nitriles is 1. The molecule has 2 nitrogen and oxygen atoms in total. The molecule has 2 rings (SSSR count). The van der Waals surface area contributed by atoms with Gasteiger partial charge >= 0.3 is 0 Å². The molecule has 0 amide bonds. The number of piperidine rings is 1. The topological polar surface area (TPSA) is 27.0 Å². The summed E-state index contributed by atoms with van der Waals surface area (Å²) in [5, 5.41) is 9.39. The highest BCUT2D eigenvalue weighted by Gasteiger charge is 2.25. The van der Waals surface area contributed by atoms with E-state index in [0.29, 0.717) is 16.0 Å². The predicted octanol–water partition coefficient (Wildman–Crippen LogP) is 3.84. The third-order valence-corrected chi connectivity index (χ3v) is 3.87. The van der Waals surface area contributed by atoms with Gasteiger partial charge in [-0.3, -0.25) is 0 Å². The van der Waals surface area contributed by atoms with Crippen molar-refractivity contribution in [2.24, 2.45) is 5.41 Å². The van der Waals surface area contributed by atoms with Gasteiger partial charge in [-0.15, -0.1) is 0 Å². The van der Waals surface area contributed by atoms with Gasteiger partial charge in [0, 0.05) is 18.8 Å². The van der Waals surface area contributed by atoms with Crippen molar-refractivity contribution in [3.8, 4) is 6.07 Å².